The van der Waals surface area contributed by atoms with Gasteiger partial charge in [0.25, 0.3) is 5.91 Å². The highest BCUT2D eigenvalue weighted by Crippen LogP contribution is 2.30. The van der Waals surface area contributed by atoms with Crippen molar-refractivity contribution in [2.45, 2.75) is 19.4 Å². The number of hydrogen-bond acceptors (Lipinski definition) is 5. The molecule has 2 heterocycles. The second-order valence-corrected chi connectivity index (χ2v) is 6.13. The molecule has 8 nitrogen and oxygen atoms in total. The zero-order valence-corrected chi connectivity index (χ0v) is 14.7. The number of nitrogens with zero attached hydrogens (tertiary/aromatic N) is 1. The maximum Gasteiger partial charge on any atom is 0.325 e. The Hall–Kier alpha value is -3.29. The fourth-order valence-electron chi connectivity index (χ4n) is 2.73. The first-order valence-electron chi connectivity index (χ1n) is 7.98. The van der Waals surface area contributed by atoms with E-state index in [2.05, 4.69) is 10.6 Å². The molecule has 0 spiro atoms. The SMILES string of the molecule is COc1ccc(NC(=O)CN2C(=O)N[C@](C)(c3ccc(C)o3)C2=O)cc1. The van der Waals surface area contributed by atoms with Gasteiger partial charge in [-0.15, -0.1) is 0 Å². The molecule has 0 unspecified atom stereocenters. The molecular weight excluding hydrogens is 338 g/mol. The average molecular weight is 357 g/mol. The molecule has 1 saturated heterocycles. The summed E-state index contributed by atoms with van der Waals surface area (Å²) >= 11 is 0. The van der Waals surface area contributed by atoms with Crippen LogP contribution >= 0.6 is 0 Å². The molecule has 4 amide bonds. The van der Waals surface area contributed by atoms with Gasteiger partial charge in [-0.05, 0) is 50.2 Å². The van der Waals surface area contributed by atoms with Crippen molar-refractivity contribution < 1.29 is 23.5 Å². The van der Waals surface area contributed by atoms with Crippen molar-refractivity contribution in [2.75, 3.05) is 19.0 Å². The van der Waals surface area contributed by atoms with E-state index in [1.165, 1.54) is 0 Å². The van der Waals surface area contributed by atoms with Crippen molar-refractivity contribution in [3.8, 4) is 5.75 Å². The molecule has 26 heavy (non-hydrogen) atoms. The number of aryl methyl sites for hydroxylation is 1. The van der Waals surface area contributed by atoms with Crippen molar-refractivity contribution in [3.05, 3.63) is 47.9 Å². The van der Waals surface area contributed by atoms with E-state index < -0.39 is 29.9 Å². The van der Waals surface area contributed by atoms with Gasteiger partial charge in [0, 0.05) is 5.69 Å². The maximum atomic E-state index is 12.7. The minimum absolute atomic E-state index is 0.325. The molecule has 1 aliphatic rings. The highest BCUT2D eigenvalue weighted by atomic mass is 16.5. The van der Waals surface area contributed by atoms with Gasteiger partial charge in [-0.25, -0.2) is 4.79 Å². The van der Waals surface area contributed by atoms with Crippen LogP contribution < -0.4 is 15.4 Å². The number of furan rings is 1. The molecule has 1 aliphatic heterocycles. The lowest BCUT2D eigenvalue weighted by molar-refractivity contribution is -0.134. The van der Waals surface area contributed by atoms with Gasteiger partial charge in [0.2, 0.25) is 5.91 Å². The normalized spacial score (nSPS) is 19.4. The number of hydrogen-bond donors (Lipinski definition) is 2. The smallest absolute Gasteiger partial charge is 0.325 e. The van der Waals surface area contributed by atoms with Crippen LogP contribution in [0, 0.1) is 6.92 Å². The third-order valence-corrected chi connectivity index (χ3v) is 4.18. The average Bonchev–Trinajstić information content (AvgIpc) is 3.14. The van der Waals surface area contributed by atoms with Crippen LogP contribution in [0.1, 0.15) is 18.4 Å². The Bertz CT molecular complexity index is 858. The lowest BCUT2D eigenvalue weighted by atomic mass is 9.99. The molecule has 0 aliphatic carbocycles. The van der Waals surface area contributed by atoms with Gasteiger partial charge in [0.05, 0.1) is 7.11 Å². The van der Waals surface area contributed by atoms with Crippen molar-refractivity contribution in [1.29, 1.82) is 0 Å². The van der Waals surface area contributed by atoms with E-state index in [0.29, 0.717) is 23.0 Å². The van der Waals surface area contributed by atoms with E-state index in [0.717, 1.165) is 4.90 Å². The molecule has 1 atom stereocenters. The number of amides is 4. The van der Waals surface area contributed by atoms with Crippen LogP contribution in [-0.2, 0) is 15.1 Å². The summed E-state index contributed by atoms with van der Waals surface area (Å²) in [6.45, 7) is 2.90. The topological polar surface area (TPSA) is 101 Å². The minimum Gasteiger partial charge on any atom is -0.497 e. The molecule has 1 aromatic heterocycles. The third kappa shape index (κ3) is 3.13. The van der Waals surface area contributed by atoms with Crippen LogP contribution in [0.3, 0.4) is 0 Å². The molecule has 1 fully saturated rings. The van der Waals surface area contributed by atoms with Crippen molar-refractivity contribution in [2.24, 2.45) is 0 Å². The summed E-state index contributed by atoms with van der Waals surface area (Å²) in [5.74, 6) is 0.576. The van der Waals surface area contributed by atoms with Crippen molar-refractivity contribution >= 4 is 23.5 Å². The Morgan fingerprint density at radius 3 is 2.50 bits per heavy atom. The molecular formula is C18H19N3O5. The third-order valence-electron chi connectivity index (χ3n) is 4.18. The number of rotatable bonds is 5. The highest BCUT2D eigenvalue weighted by Gasteiger charge is 2.51. The fourth-order valence-corrected chi connectivity index (χ4v) is 2.73. The molecule has 0 bridgehead atoms. The summed E-state index contributed by atoms with van der Waals surface area (Å²) in [4.78, 5) is 38.0. The summed E-state index contributed by atoms with van der Waals surface area (Å²) in [7, 11) is 1.54. The van der Waals surface area contributed by atoms with Crippen LogP contribution in [0.5, 0.6) is 5.75 Å². The lowest BCUT2D eigenvalue weighted by Gasteiger charge is -2.19. The van der Waals surface area contributed by atoms with Gasteiger partial charge in [0.15, 0.2) is 5.54 Å². The summed E-state index contributed by atoms with van der Waals surface area (Å²) in [5, 5.41) is 5.23. The van der Waals surface area contributed by atoms with Gasteiger partial charge >= 0.3 is 6.03 Å². The second kappa shape index (κ2) is 6.55. The summed E-state index contributed by atoms with van der Waals surface area (Å²) in [6.07, 6.45) is 0. The number of carbonyl (C=O) groups excluding carboxylic acids is 3. The maximum absolute atomic E-state index is 12.7. The van der Waals surface area contributed by atoms with Crippen LogP contribution in [0.25, 0.3) is 0 Å². The molecule has 0 radical (unpaired) electrons. The van der Waals surface area contributed by atoms with E-state index in [9.17, 15) is 14.4 Å². The van der Waals surface area contributed by atoms with Crippen molar-refractivity contribution in [1.82, 2.24) is 10.2 Å². The Balaban J connectivity index is 1.70. The highest BCUT2D eigenvalue weighted by molar-refractivity contribution is 6.10. The number of nitrogens with one attached hydrogen (secondary N) is 2. The standard InChI is InChI=1S/C18H19N3O5/c1-11-4-9-14(26-11)18(2)16(23)21(17(24)20-18)10-15(22)19-12-5-7-13(25-3)8-6-12/h4-9H,10H2,1-3H3,(H,19,22)(H,20,24)/t18-/m1/s1. The first-order chi connectivity index (χ1) is 12.3. The number of ether oxygens (including phenoxy) is 1. The largest absolute Gasteiger partial charge is 0.497 e. The first-order valence-corrected chi connectivity index (χ1v) is 7.98. The number of imide groups is 1. The minimum atomic E-state index is -1.33. The second-order valence-electron chi connectivity index (χ2n) is 6.13. The van der Waals surface area contributed by atoms with Gasteiger partial charge in [0.1, 0.15) is 23.8 Å². The van der Waals surface area contributed by atoms with Gasteiger partial charge in [-0.2, -0.15) is 0 Å². The molecule has 1 aromatic carbocycles. The Labute approximate surface area is 150 Å². The van der Waals surface area contributed by atoms with Gasteiger partial charge < -0.3 is 19.8 Å². The quantitative estimate of drug-likeness (QED) is 0.797. The van der Waals surface area contributed by atoms with Gasteiger partial charge in [-0.1, -0.05) is 0 Å². The molecule has 8 heteroatoms. The van der Waals surface area contributed by atoms with Crippen LogP contribution in [0.2, 0.25) is 0 Å². The lowest BCUT2D eigenvalue weighted by Crippen LogP contribution is -2.41. The Kier molecular flexibility index (Phi) is 4.41. The van der Waals surface area contributed by atoms with Crippen LogP contribution in [0.15, 0.2) is 40.8 Å². The van der Waals surface area contributed by atoms with E-state index in [-0.39, 0.29) is 0 Å². The number of anilines is 1. The number of urea groups is 1. The zero-order valence-electron chi connectivity index (χ0n) is 14.7. The number of methoxy groups -OCH3 is 1. The van der Waals surface area contributed by atoms with E-state index >= 15 is 0 Å². The predicted octanol–water partition coefficient (Wildman–Crippen LogP) is 2.00. The summed E-state index contributed by atoms with van der Waals surface area (Å²) in [5.41, 5.74) is -0.793. The van der Waals surface area contributed by atoms with Crippen LogP contribution in [0.4, 0.5) is 10.5 Å². The van der Waals surface area contributed by atoms with Gasteiger partial charge in [-0.3, -0.25) is 14.5 Å². The summed E-state index contributed by atoms with van der Waals surface area (Å²) in [6, 6.07) is 9.42. The fraction of sp³-hybridized carbons (Fsp3) is 0.278. The molecule has 136 valence electrons. The van der Waals surface area contributed by atoms with Crippen molar-refractivity contribution in [3.63, 3.8) is 0 Å². The monoisotopic (exact) mass is 357 g/mol. The Morgan fingerprint density at radius 1 is 1.23 bits per heavy atom. The zero-order chi connectivity index (χ0) is 18.9. The van der Waals surface area contributed by atoms with Crippen LogP contribution in [-0.4, -0.2) is 36.4 Å². The molecule has 2 N–H and O–H groups in total. The van der Waals surface area contributed by atoms with E-state index in [1.807, 2.05) is 0 Å². The molecule has 0 saturated carbocycles. The number of carbonyl (C=O) groups is 3. The molecule has 2 aromatic rings. The number of benzene rings is 1. The summed E-state index contributed by atoms with van der Waals surface area (Å²) < 4.78 is 10.5. The Morgan fingerprint density at radius 2 is 1.92 bits per heavy atom. The van der Waals surface area contributed by atoms with E-state index in [1.54, 1.807) is 57.4 Å². The predicted molar refractivity (Wildman–Crippen MR) is 92.7 cm³/mol. The molecule has 3 rings (SSSR count). The first kappa shape index (κ1) is 17.5. The van der Waals surface area contributed by atoms with E-state index in [4.69, 9.17) is 9.15 Å².